The van der Waals surface area contributed by atoms with Crippen LogP contribution in [0.25, 0.3) is 0 Å². The maximum absolute atomic E-state index is 5.90. The Bertz CT molecular complexity index is 333. The summed E-state index contributed by atoms with van der Waals surface area (Å²) in [6.45, 7) is 5.64. The molecule has 1 aromatic heterocycles. The highest BCUT2D eigenvalue weighted by molar-refractivity contribution is 5.85. The van der Waals surface area contributed by atoms with E-state index in [2.05, 4.69) is 16.7 Å². The van der Waals surface area contributed by atoms with Gasteiger partial charge in [0.1, 0.15) is 0 Å². The summed E-state index contributed by atoms with van der Waals surface area (Å²) in [4.78, 5) is 4.24. The Balaban J connectivity index is 0.000000980. The zero-order chi connectivity index (χ0) is 9.47. The molecule has 5 heteroatoms. The SMILES string of the molecule is C=CC(C)c1noc(C2(N)CC2)n1.Cl. The van der Waals surface area contributed by atoms with E-state index in [-0.39, 0.29) is 23.9 Å². The summed E-state index contributed by atoms with van der Waals surface area (Å²) >= 11 is 0. The van der Waals surface area contributed by atoms with Crippen molar-refractivity contribution in [2.45, 2.75) is 31.2 Å². The number of hydrogen-bond donors (Lipinski definition) is 1. The van der Waals surface area contributed by atoms with E-state index in [0.29, 0.717) is 11.7 Å². The van der Waals surface area contributed by atoms with E-state index in [9.17, 15) is 0 Å². The number of nitrogens with two attached hydrogens (primary N) is 1. The van der Waals surface area contributed by atoms with Gasteiger partial charge in [0.25, 0.3) is 0 Å². The van der Waals surface area contributed by atoms with Gasteiger partial charge in [0, 0.05) is 5.92 Å². The molecule has 2 N–H and O–H groups in total. The van der Waals surface area contributed by atoms with Crippen molar-refractivity contribution < 1.29 is 4.52 Å². The molecule has 1 unspecified atom stereocenters. The van der Waals surface area contributed by atoms with Crippen LogP contribution in [0.3, 0.4) is 0 Å². The summed E-state index contributed by atoms with van der Waals surface area (Å²) in [7, 11) is 0. The quantitative estimate of drug-likeness (QED) is 0.780. The number of rotatable bonds is 3. The van der Waals surface area contributed by atoms with Gasteiger partial charge in [-0.2, -0.15) is 4.98 Å². The molecule has 1 aromatic rings. The van der Waals surface area contributed by atoms with Gasteiger partial charge in [-0.15, -0.1) is 19.0 Å². The van der Waals surface area contributed by atoms with Gasteiger partial charge in [0.05, 0.1) is 5.54 Å². The lowest BCUT2D eigenvalue weighted by Gasteiger charge is -1.98. The predicted molar refractivity (Wildman–Crippen MR) is 55.3 cm³/mol. The molecule has 1 heterocycles. The van der Waals surface area contributed by atoms with Crippen LogP contribution in [0.2, 0.25) is 0 Å². The Kier molecular flexibility index (Phi) is 2.97. The maximum atomic E-state index is 5.90. The molecule has 0 amide bonds. The first-order valence-corrected chi connectivity index (χ1v) is 4.41. The van der Waals surface area contributed by atoms with Crippen LogP contribution in [0.5, 0.6) is 0 Å². The Morgan fingerprint density at radius 3 is 2.79 bits per heavy atom. The number of aromatic nitrogens is 2. The minimum Gasteiger partial charge on any atom is -0.337 e. The van der Waals surface area contributed by atoms with Gasteiger partial charge in [-0.1, -0.05) is 18.2 Å². The summed E-state index contributed by atoms with van der Waals surface area (Å²) < 4.78 is 5.08. The van der Waals surface area contributed by atoms with Crippen molar-refractivity contribution in [3.05, 3.63) is 24.4 Å². The smallest absolute Gasteiger partial charge is 0.246 e. The molecule has 1 saturated carbocycles. The third kappa shape index (κ3) is 1.81. The number of allylic oxidation sites excluding steroid dienone is 1. The molecule has 0 spiro atoms. The Morgan fingerprint density at radius 2 is 2.29 bits per heavy atom. The number of hydrogen-bond acceptors (Lipinski definition) is 4. The minimum atomic E-state index is -0.327. The summed E-state index contributed by atoms with van der Waals surface area (Å²) in [6, 6.07) is 0. The maximum Gasteiger partial charge on any atom is 0.246 e. The Hall–Kier alpha value is -0.870. The minimum absolute atomic E-state index is 0. The van der Waals surface area contributed by atoms with E-state index in [4.69, 9.17) is 10.3 Å². The Labute approximate surface area is 89.0 Å². The molecule has 2 rings (SSSR count). The van der Waals surface area contributed by atoms with Gasteiger partial charge < -0.3 is 10.3 Å². The van der Waals surface area contributed by atoms with Crippen LogP contribution in [0, 0.1) is 0 Å². The first kappa shape index (κ1) is 11.2. The molecule has 1 aliphatic carbocycles. The molecular formula is C9H14ClN3O. The molecule has 0 saturated heterocycles. The summed E-state index contributed by atoms with van der Waals surface area (Å²) in [5.74, 6) is 1.36. The van der Waals surface area contributed by atoms with Gasteiger partial charge in [-0.3, -0.25) is 0 Å². The van der Waals surface area contributed by atoms with Crippen molar-refractivity contribution in [3.8, 4) is 0 Å². The third-order valence-corrected chi connectivity index (χ3v) is 2.42. The predicted octanol–water partition coefficient (Wildman–Crippen LogP) is 1.73. The fourth-order valence-electron chi connectivity index (χ4n) is 1.08. The van der Waals surface area contributed by atoms with E-state index in [0.717, 1.165) is 12.8 Å². The molecule has 0 bridgehead atoms. The standard InChI is InChI=1S/C9H13N3O.ClH/c1-3-6(2)7-11-8(13-12-7)9(10)4-5-9;/h3,6H,1,4-5,10H2,2H3;1H. The van der Waals surface area contributed by atoms with Crippen LogP contribution in [-0.2, 0) is 5.54 Å². The normalized spacial score (nSPS) is 19.6. The van der Waals surface area contributed by atoms with Gasteiger partial charge in [0.15, 0.2) is 5.82 Å². The second-order valence-corrected chi connectivity index (χ2v) is 3.64. The van der Waals surface area contributed by atoms with Crippen LogP contribution in [-0.4, -0.2) is 10.1 Å². The average Bonchev–Trinajstić information content (AvgIpc) is 2.72. The molecule has 1 fully saturated rings. The van der Waals surface area contributed by atoms with Crippen molar-refractivity contribution in [3.63, 3.8) is 0 Å². The topological polar surface area (TPSA) is 64.9 Å². The van der Waals surface area contributed by atoms with Crippen molar-refractivity contribution in [2.75, 3.05) is 0 Å². The molecule has 78 valence electrons. The zero-order valence-corrected chi connectivity index (χ0v) is 8.88. The second-order valence-electron chi connectivity index (χ2n) is 3.64. The van der Waals surface area contributed by atoms with E-state index < -0.39 is 0 Å². The first-order chi connectivity index (χ1) is 6.15. The second kappa shape index (κ2) is 3.71. The lowest BCUT2D eigenvalue weighted by atomic mass is 10.2. The molecule has 14 heavy (non-hydrogen) atoms. The molecule has 0 aromatic carbocycles. The molecule has 1 atom stereocenters. The third-order valence-electron chi connectivity index (χ3n) is 2.42. The van der Waals surface area contributed by atoms with E-state index in [1.807, 2.05) is 6.92 Å². The average molecular weight is 216 g/mol. The fourth-order valence-corrected chi connectivity index (χ4v) is 1.08. The van der Waals surface area contributed by atoms with Gasteiger partial charge >= 0.3 is 0 Å². The highest BCUT2D eigenvalue weighted by atomic mass is 35.5. The molecular weight excluding hydrogens is 202 g/mol. The number of nitrogens with zero attached hydrogens (tertiary/aromatic N) is 2. The van der Waals surface area contributed by atoms with Crippen LogP contribution < -0.4 is 5.73 Å². The lowest BCUT2D eigenvalue weighted by molar-refractivity contribution is 0.343. The van der Waals surface area contributed by atoms with E-state index in [1.54, 1.807) is 6.08 Å². The number of halogens is 1. The van der Waals surface area contributed by atoms with E-state index in [1.165, 1.54) is 0 Å². The zero-order valence-electron chi connectivity index (χ0n) is 8.06. The van der Waals surface area contributed by atoms with Crippen molar-refractivity contribution >= 4 is 12.4 Å². The molecule has 0 radical (unpaired) electrons. The van der Waals surface area contributed by atoms with Crippen LogP contribution in [0.4, 0.5) is 0 Å². The van der Waals surface area contributed by atoms with Crippen LogP contribution >= 0.6 is 12.4 Å². The Morgan fingerprint density at radius 1 is 1.64 bits per heavy atom. The van der Waals surface area contributed by atoms with Crippen molar-refractivity contribution in [2.24, 2.45) is 5.73 Å². The van der Waals surface area contributed by atoms with Gasteiger partial charge in [0.2, 0.25) is 5.89 Å². The highest BCUT2D eigenvalue weighted by Crippen LogP contribution is 2.41. The van der Waals surface area contributed by atoms with Crippen LogP contribution in [0.1, 0.15) is 37.4 Å². The highest BCUT2D eigenvalue weighted by Gasteiger charge is 2.45. The first-order valence-electron chi connectivity index (χ1n) is 4.41. The van der Waals surface area contributed by atoms with Crippen molar-refractivity contribution in [1.82, 2.24) is 10.1 Å². The summed E-state index contributed by atoms with van der Waals surface area (Å²) in [5.41, 5.74) is 5.57. The molecule has 4 nitrogen and oxygen atoms in total. The summed E-state index contributed by atoms with van der Waals surface area (Å²) in [5, 5.41) is 3.86. The van der Waals surface area contributed by atoms with Gasteiger partial charge in [-0.05, 0) is 12.8 Å². The van der Waals surface area contributed by atoms with Gasteiger partial charge in [-0.25, -0.2) is 0 Å². The van der Waals surface area contributed by atoms with Crippen molar-refractivity contribution in [1.29, 1.82) is 0 Å². The fraction of sp³-hybridized carbons (Fsp3) is 0.556. The van der Waals surface area contributed by atoms with E-state index >= 15 is 0 Å². The molecule has 1 aliphatic rings. The monoisotopic (exact) mass is 215 g/mol. The largest absolute Gasteiger partial charge is 0.337 e. The lowest BCUT2D eigenvalue weighted by Crippen LogP contribution is -2.19. The van der Waals surface area contributed by atoms with Crippen LogP contribution in [0.15, 0.2) is 17.2 Å². The molecule has 0 aliphatic heterocycles. The summed E-state index contributed by atoms with van der Waals surface area (Å²) in [6.07, 6.45) is 3.67.